The third kappa shape index (κ3) is 5.56. The maximum atomic E-state index is 12.7. The molecule has 8 heteroatoms. The van der Waals surface area contributed by atoms with Gasteiger partial charge in [0.2, 0.25) is 5.91 Å². The smallest absolute Gasteiger partial charge is 0.407 e. The highest BCUT2D eigenvalue weighted by Crippen LogP contribution is 2.44. The molecule has 1 aliphatic carbocycles. The molecule has 0 spiro atoms. The number of nitrogens with one attached hydrogen (secondary N) is 1. The minimum absolute atomic E-state index is 0.0121. The van der Waals surface area contributed by atoms with E-state index in [-0.39, 0.29) is 37.4 Å². The predicted molar refractivity (Wildman–Crippen MR) is 128 cm³/mol. The van der Waals surface area contributed by atoms with Crippen LogP contribution in [0.1, 0.15) is 36.8 Å². The van der Waals surface area contributed by atoms with Crippen LogP contribution >= 0.6 is 0 Å². The molecule has 0 radical (unpaired) electrons. The highest BCUT2D eigenvalue weighted by atomic mass is 16.5. The monoisotopic (exact) mass is 465 g/mol. The van der Waals surface area contributed by atoms with Crippen LogP contribution in [0.5, 0.6) is 0 Å². The van der Waals surface area contributed by atoms with Crippen LogP contribution in [-0.4, -0.2) is 78.2 Å². The van der Waals surface area contributed by atoms with Gasteiger partial charge in [-0.1, -0.05) is 48.5 Å². The Balaban J connectivity index is 1.26. The first-order valence-corrected chi connectivity index (χ1v) is 11.8. The molecule has 4 rings (SSSR count). The van der Waals surface area contributed by atoms with Crippen LogP contribution < -0.4 is 5.32 Å². The third-order valence-corrected chi connectivity index (χ3v) is 6.49. The summed E-state index contributed by atoms with van der Waals surface area (Å²) < 4.78 is 5.57. The molecule has 0 aromatic heterocycles. The predicted octanol–water partition coefficient (Wildman–Crippen LogP) is 2.92. The Labute approximate surface area is 199 Å². The topological polar surface area (TPSA) is 99.2 Å². The molecule has 2 aromatic carbocycles. The van der Waals surface area contributed by atoms with Gasteiger partial charge in [-0.15, -0.1) is 0 Å². The molecule has 1 fully saturated rings. The molecular formula is C26H31N3O5. The number of aliphatic carboxylic acids is 1. The summed E-state index contributed by atoms with van der Waals surface area (Å²) in [5.74, 6) is -0.926. The van der Waals surface area contributed by atoms with Crippen molar-refractivity contribution in [1.29, 1.82) is 0 Å². The zero-order chi connectivity index (χ0) is 24.1. The summed E-state index contributed by atoms with van der Waals surface area (Å²) in [6.07, 6.45) is 0.363. The molecule has 8 nitrogen and oxygen atoms in total. The molecule has 34 heavy (non-hydrogen) atoms. The normalized spacial score (nSPS) is 16.8. The lowest BCUT2D eigenvalue weighted by Crippen LogP contribution is -2.41. The van der Waals surface area contributed by atoms with Crippen molar-refractivity contribution in [3.8, 4) is 11.1 Å². The molecule has 0 bridgehead atoms. The molecule has 1 atom stereocenters. The lowest BCUT2D eigenvalue weighted by atomic mass is 9.98. The summed E-state index contributed by atoms with van der Waals surface area (Å²) in [5.41, 5.74) is 4.64. The number of nitrogens with zero attached hydrogens (tertiary/aromatic N) is 2. The Morgan fingerprint density at radius 3 is 2.29 bits per heavy atom. The minimum atomic E-state index is -0.860. The Kier molecular flexibility index (Phi) is 7.47. The van der Waals surface area contributed by atoms with Crippen molar-refractivity contribution in [3.63, 3.8) is 0 Å². The molecule has 2 N–H and O–H groups in total. The van der Waals surface area contributed by atoms with Crippen molar-refractivity contribution in [2.45, 2.75) is 31.7 Å². The number of alkyl carbamates (subject to hydrolysis) is 1. The van der Waals surface area contributed by atoms with Crippen molar-refractivity contribution in [2.75, 3.05) is 39.3 Å². The summed E-state index contributed by atoms with van der Waals surface area (Å²) in [7, 11) is 0. The van der Waals surface area contributed by atoms with Crippen molar-refractivity contribution in [2.24, 2.45) is 0 Å². The van der Waals surface area contributed by atoms with Crippen LogP contribution in [-0.2, 0) is 14.3 Å². The molecule has 1 saturated heterocycles. The van der Waals surface area contributed by atoms with E-state index >= 15 is 0 Å². The minimum Gasteiger partial charge on any atom is -0.480 e. The maximum absolute atomic E-state index is 12.7. The number of carbonyl (C=O) groups is 3. The van der Waals surface area contributed by atoms with E-state index in [1.165, 1.54) is 11.1 Å². The zero-order valence-corrected chi connectivity index (χ0v) is 19.4. The lowest BCUT2D eigenvalue weighted by molar-refractivity contribution is -0.138. The van der Waals surface area contributed by atoms with Gasteiger partial charge < -0.3 is 20.1 Å². The van der Waals surface area contributed by atoms with E-state index in [0.29, 0.717) is 26.2 Å². The molecule has 0 unspecified atom stereocenters. The second-order valence-corrected chi connectivity index (χ2v) is 8.98. The van der Waals surface area contributed by atoms with Crippen molar-refractivity contribution < 1.29 is 24.2 Å². The summed E-state index contributed by atoms with van der Waals surface area (Å²) in [6.45, 7) is 4.27. The van der Waals surface area contributed by atoms with E-state index in [4.69, 9.17) is 9.84 Å². The van der Waals surface area contributed by atoms with Gasteiger partial charge in [0.05, 0.1) is 6.54 Å². The molecule has 180 valence electrons. The fourth-order valence-corrected chi connectivity index (χ4v) is 4.85. The summed E-state index contributed by atoms with van der Waals surface area (Å²) in [4.78, 5) is 39.7. The number of carboxylic acids is 1. The molecule has 1 aliphatic heterocycles. The van der Waals surface area contributed by atoms with Crippen LogP contribution in [0.2, 0.25) is 0 Å². The van der Waals surface area contributed by atoms with Gasteiger partial charge in [-0.2, -0.15) is 0 Å². The summed E-state index contributed by atoms with van der Waals surface area (Å²) in [6, 6.07) is 16.0. The van der Waals surface area contributed by atoms with E-state index in [1.807, 2.05) is 29.2 Å². The summed E-state index contributed by atoms with van der Waals surface area (Å²) >= 11 is 0. The van der Waals surface area contributed by atoms with Gasteiger partial charge >= 0.3 is 12.1 Å². The number of benzene rings is 2. The Morgan fingerprint density at radius 1 is 1.00 bits per heavy atom. The van der Waals surface area contributed by atoms with Crippen LogP contribution in [0.15, 0.2) is 48.5 Å². The average molecular weight is 466 g/mol. The van der Waals surface area contributed by atoms with E-state index < -0.39 is 12.1 Å². The summed E-state index contributed by atoms with van der Waals surface area (Å²) in [5, 5.41) is 11.7. The Bertz CT molecular complexity index is 1010. The molecule has 2 aromatic rings. The molecule has 0 saturated carbocycles. The molecule has 2 aliphatic rings. The Hall–Kier alpha value is -3.39. The van der Waals surface area contributed by atoms with Crippen molar-refractivity contribution in [3.05, 3.63) is 59.7 Å². The van der Waals surface area contributed by atoms with Gasteiger partial charge in [0.15, 0.2) is 0 Å². The lowest BCUT2D eigenvalue weighted by Gasteiger charge is -2.23. The highest BCUT2D eigenvalue weighted by molar-refractivity contribution is 5.79. The quantitative estimate of drug-likeness (QED) is 0.652. The van der Waals surface area contributed by atoms with Gasteiger partial charge in [-0.25, -0.2) is 4.79 Å². The van der Waals surface area contributed by atoms with Crippen LogP contribution in [0, 0.1) is 0 Å². The first kappa shape index (κ1) is 23.8. The van der Waals surface area contributed by atoms with E-state index in [1.54, 1.807) is 11.8 Å². The largest absolute Gasteiger partial charge is 0.480 e. The van der Waals surface area contributed by atoms with Gasteiger partial charge in [-0.05, 0) is 35.6 Å². The van der Waals surface area contributed by atoms with Crippen molar-refractivity contribution >= 4 is 18.0 Å². The van der Waals surface area contributed by atoms with Gasteiger partial charge in [0, 0.05) is 44.6 Å². The molecule has 1 heterocycles. The van der Waals surface area contributed by atoms with Crippen LogP contribution in [0.4, 0.5) is 4.79 Å². The van der Waals surface area contributed by atoms with Crippen LogP contribution in [0.3, 0.4) is 0 Å². The number of ether oxygens (including phenoxy) is 1. The number of amides is 2. The van der Waals surface area contributed by atoms with Gasteiger partial charge in [0.25, 0.3) is 0 Å². The number of rotatable bonds is 7. The number of hydrogen-bond acceptors (Lipinski definition) is 5. The number of carboxylic acid groups (broad SMARTS) is 1. The van der Waals surface area contributed by atoms with Gasteiger partial charge in [0.1, 0.15) is 6.61 Å². The Morgan fingerprint density at radius 2 is 1.65 bits per heavy atom. The maximum Gasteiger partial charge on any atom is 0.407 e. The first-order chi connectivity index (χ1) is 16.4. The SMILES string of the molecule is C[C@@H](CC(=O)N1CCCN(CC(=O)O)CC1)NC(=O)OCC1c2ccccc2-c2ccccc21. The number of fused-ring (bicyclic) bond motifs is 3. The average Bonchev–Trinajstić information content (AvgIpc) is 2.94. The van der Waals surface area contributed by atoms with Crippen molar-refractivity contribution in [1.82, 2.24) is 15.1 Å². The second kappa shape index (κ2) is 10.7. The molecule has 2 amide bonds. The highest BCUT2D eigenvalue weighted by Gasteiger charge is 2.29. The first-order valence-electron chi connectivity index (χ1n) is 11.8. The second-order valence-electron chi connectivity index (χ2n) is 8.98. The number of hydrogen-bond donors (Lipinski definition) is 2. The zero-order valence-electron chi connectivity index (χ0n) is 19.4. The van der Waals surface area contributed by atoms with E-state index in [2.05, 4.69) is 29.6 Å². The standard InChI is InChI=1S/C26H31N3O5/c1-18(15-24(30)29-12-6-11-28(13-14-29)16-25(31)32)27-26(33)34-17-23-21-9-4-2-7-19(21)20-8-3-5-10-22(20)23/h2-5,7-10,18,23H,6,11-17H2,1H3,(H,27,33)(H,31,32)/t18-/m0/s1. The van der Waals surface area contributed by atoms with Crippen LogP contribution in [0.25, 0.3) is 11.1 Å². The fourth-order valence-electron chi connectivity index (χ4n) is 4.85. The van der Waals surface area contributed by atoms with E-state index in [0.717, 1.165) is 17.5 Å². The third-order valence-electron chi connectivity index (χ3n) is 6.49. The van der Waals surface area contributed by atoms with E-state index in [9.17, 15) is 14.4 Å². The van der Waals surface area contributed by atoms with Gasteiger partial charge in [-0.3, -0.25) is 14.5 Å². The number of carbonyl (C=O) groups excluding carboxylic acids is 2. The molecular weight excluding hydrogens is 434 g/mol. The fraction of sp³-hybridized carbons (Fsp3) is 0.423.